The second-order valence-electron chi connectivity index (χ2n) is 8.69. The molecule has 0 spiro atoms. The Morgan fingerprint density at radius 1 is 0.917 bits per heavy atom. The largest absolute Gasteiger partial charge is 0.508 e. The quantitative estimate of drug-likeness (QED) is 0.346. The standard InChI is InChI=1S/C29H20N4O3/c34-20-13-14-22-24(15-20)36-29-27(26(22)19-8-2-1-3-9-19)28-31-25(32-33(28)17-30-29)16-35-23-12-6-10-18-7-4-5-11-21(18)23/h1-15,17,26,34H,16H2. The van der Waals surface area contributed by atoms with Crippen molar-refractivity contribution in [1.82, 2.24) is 19.6 Å². The highest BCUT2D eigenvalue weighted by Crippen LogP contribution is 2.48. The molecule has 174 valence electrons. The summed E-state index contributed by atoms with van der Waals surface area (Å²) in [5.74, 6) is 2.31. The molecule has 1 aliphatic rings. The van der Waals surface area contributed by atoms with Crippen LogP contribution in [0.15, 0.2) is 97.3 Å². The van der Waals surface area contributed by atoms with Gasteiger partial charge in [0.05, 0.1) is 5.56 Å². The van der Waals surface area contributed by atoms with E-state index in [1.54, 1.807) is 23.0 Å². The van der Waals surface area contributed by atoms with Gasteiger partial charge in [-0.1, -0.05) is 72.8 Å². The zero-order chi connectivity index (χ0) is 24.1. The van der Waals surface area contributed by atoms with Gasteiger partial charge < -0.3 is 14.6 Å². The van der Waals surface area contributed by atoms with Gasteiger partial charge >= 0.3 is 0 Å². The molecule has 3 heterocycles. The SMILES string of the molecule is Oc1ccc2c(c1)Oc1ncn3nc(COc4cccc5ccccc45)nc3c1C2c1ccccc1. The summed E-state index contributed by atoms with van der Waals surface area (Å²) in [4.78, 5) is 9.38. The van der Waals surface area contributed by atoms with Gasteiger partial charge in [-0.3, -0.25) is 0 Å². The van der Waals surface area contributed by atoms with E-state index in [1.807, 2.05) is 54.6 Å². The second-order valence-corrected chi connectivity index (χ2v) is 8.69. The second kappa shape index (κ2) is 8.09. The van der Waals surface area contributed by atoms with E-state index in [0.29, 0.717) is 23.1 Å². The Bertz CT molecular complexity index is 1740. The maximum atomic E-state index is 10.0. The van der Waals surface area contributed by atoms with Crippen LogP contribution in [0.5, 0.6) is 23.1 Å². The highest BCUT2D eigenvalue weighted by atomic mass is 16.5. The van der Waals surface area contributed by atoms with Gasteiger partial charge in [0.25, 0.3) is 0 Å². The third-order valence-corrected chi connectivity index (χ3v) is 6.47. The zero-order valence-electron chi connectivity index (χ0n) is 19.1. The molecule has 7 rings (SSSR count). The molecular formula is C29H20N4O3. The number of phenolic OH excluding ortho intramolecular Hbond substituents is 1. The number of rotatable bonds is 4. The summed E-state index contributed by atoms with van der Waals surface area (Å²) < 4.78 is 13.9. The molecule has 2 aromatic heterocycles. The van der Waals surface area contributed by atoms with Crippen LogP contribution in [0.4, 0.5) is 0 Å². The van der Waals surface area contributed by atoms with E-state index < -0.39 is 0 Å². The molecule has 1 N–H and O–H groups in total. The van der Waals surface area contributed by atoms with E-state index >= 15 is 0 Å². The number of phenols is 1. The van der Waals surface area contributed by atoms with Gasteiger partial charge in [-0.2, -0.15) is 0 Å². The summed E-state index contributed by atoms with van der Waals surface area (Å²) in [6, 6.07) is 29.4. The van der Waals surface area contributed by atoms with Crippen molar-refractivity contribution in [2.45, 2.75) is 12.5 Å². The average Bonchev–Trinajstić information content (AvgIpc) is 3.34. The third kappa shape index (κ3) is 3.32. The Kier molecular flexibility index (Phi) is 4.60. The number of ether oxygens (including phenoxy) is 2. The van der Waals surface area contributed by atoms with E-state index in [0.717, 1.165) is 33.2 Å². The van der Waals surface area contributed by atoms with E-state index in [1.165, 1.54) is 0 Å². The van der Waals surface area contributed by atoms with Crippen LogP contribution in [0, 0.1) is 0 Å². The van der Waals surface area contributed by atoms with Gasteiger partial charge in [-0.05, 0) is 23.1 Å². The number of nitrogens with zero attached hydrogens (tertiary/aromatic N) is 4. The van der Waals surface area contributed by atoms with Crippen molar-refractivity contribution in [3.05, 3.63) is 120 Å². The van der Waals surface area contributed by atoms with Crippen molar-refractivity contribution in [3.63, 3.8) is 0 Å². The molecule has 0 aliphatic carbocycles. The van der Waals surface area contributed by atoms with Crippen LogP contribution in [-0.4, -0.2) is 24.7 Å². The Labute approximate surface area is 206 Å². The number of hydrogen-bond acceptors (Lipinski definition) is 6. The van der Waals surface area contributed by atoms with Crippen molar-refractivity contribution in [2.75, 3.05) is 0 Å². The summed E-state index contributed by atoms with van der Waals surface area (Å²) in [5, 5.41) is 16.8. The Balaban J connectivity index is 1.32. The molecule has 0 saturated carbocycles. The fourth-order valence-corrected chi connectivity index (χ4v) is 4.86. The normalized spacial score (nSPS) is 14.3. The van der Waals surface area contributed by atoms with Crippen LogP contribution in [0.2, 0.25) is 0 Å². The molecule has 36 heavy (non-hydrogen) atoms. The first kappa shape index (κ1) is 20.5. The first-order chi connectivity index (χ1) is 17.7. The molecule has 4 aromatic carbocycles. The maximum Gasteiger partial charge on any atom is 0.228 e. The highest BCUT2D eigenvalue weighted by Gasteiger charge is 2.33. The third-order valence-electron chi connectivity index (χ3n) is 6.47. The number of fused-ring (bicyclic) bond motifs is 5. The minimum atomic E-state index is -0.183. The molecule has 0 bridgehead atoms. The minimum Gasteiger partial charge on any atom is -0.508 e. The van der Waals surface area contributed by atoms with Crippen molar-refractivity contribution < 1.29 is 14.6 Å². The van der Waals surface area contributed by atoms with E-state index in [-0.39, 0.29) is 18.3 Å². The molecule has 7 nitrogen and oxygen atoms in total. The predicted molar refractivity (Wildman–Crippen MR) is 135 cm³/mol. The summed E-state index contributed by atoms with van der Waals surface area (Å²) in [5.41, 5.74) is 3.48. The van der Waals surface area contributed by atoms with Gasteiger partial charge in [0.1, 0.15) is 30.2 Å². The van der Waals surface area contributed by atoms with Crippen LogP contribution in [-0.2, 0) is 6.61 Å². The molecule has 0 amide bonds. The van der Waals surface area contributed by atoms with E-state index in [2.05, 4.69) is 34.3 Å². The van der Waals surface area contributed by atoms with Crippen LogP contribution < -0.4 is 9.47 Å². The molecule has 0 saturated heterocycles. The molecule has 0 fully saturated rings. The fourth-order valence-electron chi connectivity index (χ4n) is 4.86. The predicted octanol–water partition coefficient (Wildman–Crippen LogP) is 5.85. The smallest absolute Gasteiger partial charge is 0.228 e. The molecule has 6 aromatic rings. The number of aromatic hydroxyl groups is 1. The number of aromatic nitrogens is 4. The maximum absolute atomic E-state index is 10.0. The van der Waals surface area contributed by atoms with Crippen molar-refractivity contribution in [3.8, 4) is 23.1 Å². The lowest BCUT2D eigenvalue weighted by Crippen LogP contribution is -2.14. The first-order valence-electron chi connectivity index (χ1n) is 11.6. The molecule has 1 aliphatic heterocycles. The number of hydrogen-bond donors (Lipinski definition) is 1. The van der Waals surface area contributed by atoms with Crippen LogP contribution in [0.25, 0.3) is 16.4 Å². The van der Waals surface area contributed by atoms with Gasteiger partial charge in [0.2, 0.25) is 5.88 Å². The van der Waals surface area contributed by atoms with Gasteiger partial charge in [0, 0.05) is 22.9 Å². The lowest BCUT2D eigenvalue weighted by atomic mass is 9.84. The molecule has 1 unspecified atom stereocenters. The van der Waals surface area contributed by atoms with Crippen molar-refractivity contribution in [1.29, 1.82) is 0 Å². The van der Waals surface area contributed by atoms with Crippen LogP contribution in [0.3, 0.4) is 0 Å². The first-order valence-corrected chi connectivity index (χ1v) is 11.6. The van der Waals surface area contributed by atoms with Gasteiger partial charge in [-0.15, -0.1) is 5.10 Å². The summed E-state index contributed by atoms with van der Waals surface area (Å²) in [6.07, 6.45) is 1.60. The lowest BCUT2D eigenvalue weighted by Gasteiger charge is -2.27. The Morgan fingerprint density at radius 2 is 1.75 bits per heavy atom. The van der Waals surface area contributed by atoms with Crippen molar-refractivity contribution >= 4 is 16.4 Å². The zero-order valence-corrected chi connectivity index (χ0v) is 19.1. The fraction of sp³-hybridized carbons (Fsp3) is 0.0690. The monoisotopic (exact) mass is 472 g/mol. The van der Waals surface area contributed by atoms with E-state index in [9.17, 15) is 5.11 Å². The average molecular weight is 473 g/mol. The van der Waals surface area contributed by atoms with Crippen LogP contribution in [0.1, 0.15) is 28.4 Å². The lowest BCUT2D eigenvalue weighted by molar-refractivity contribution is 0.299. The topological polar surface area (TPSA) is 81.8 Å². The van der Waals surface area contributed by atoms with Crippen LogP contribution >= 0.6 is 0 Å². The Hall–Kier alpha value is -4.91. The molecule has 1 atom stereocenters. The van der Waals surface area contributed by atoms with Crippen molar-refractivity contribution in [2.24, 2.45) is 0 Å². The summed E-state index contributed by atoms with van der Waals surface area (Å²) in [7, 11) is 0. The molecule has 7 heteroatoms. The highest BCUT2D eigenvalue weighted by molar-refractivity contribution is 5.88. The summed E-state index contributed by atoms with van der Waals surface area (Å²) in [6.45, 7) is 0.214. The molecular weight excluding hydrogens is 452 g/mol. The Morgan fingerprint density at radius 3 is 2.67 bits per heavy atom. The van der Waals surface area contributed by atoms with Gasteiger partial charge in [-0.25, -0.2) is 14.5 Å². The van der Waals surface area contributed by atoms with Gasteiger partial charge in [0.15, 0.2) is 11.5 Å². The molecule has 0 radical (unpaired) electrons. The number of benzene rings is 4. The summed E-state index contributed by atoms with van der Waals surface area (Å²) >= 11 is 0. The van der Waals surface area contributed by atoms with E-state index in [4.69, 9.17) is 14.5 Å². The minimum absolute atomic E-state index is 0.139.